The van der Waals surface area contributed by atoms with Crippen molar-refractivity contribution in [2.75, 3.05) is 0 Å². The van der Waals surface area contributed by atoms with Gasteiger partial charge in [0.2, 0.25) is 5.91 Å². The zero-order valence-electron chi connectivity index (χ0n) is 17.8. The molecule has 0 radical (unpaired) electrons. The van der Waals surface area contributed by atoms with Gasteiger partial charge in [0.15, 0.2) is 0 Å². The molecule has 3 rings (SSSR count). The van der Waals surface area contributed by atoms with Crippen LogP contribution in [-0.2, 0) is 21.4 Å². The van der Waals surface area contributed by atoms with Crippen LogP contribution in [0.15, 0.2) is 48.2 Å². The molecule has 5 heteroatoms. The van der Waals surface area contributed by atoms with Crippen molar-refractivity contribution in [3.05, 3.63) is 65.0 Å². The van der Waals surface area contributed by atoms with Crippen molar-refractivity contribution in [2.24, 2.45) is 0 Å². The fourth-order valence-corrected chi connectivity index (χ4v) is 3.35. The van der Waals surface area contributed by atoms with E-state index in [-0.39, 0.29) is 22.9 Å². The van der Waals surface area contributed by atoms with Crippen LogP contribution >= 0.6 is 0 Å². The Morgan fingerprint density at radius 2 is 1.97 bits per heavy atom. The van der Waals surface area contributed by atoms with Crippen molar-refractivity contribution in [2.45, 2.75) is 52.5 Å². The first-order chi connectivity index (χ1) is 13.6. The van der Waals surface area contributed by atoms with Crippen molar-refractivity contribution in [1.82, 2.24) is 15.6 Å². The Kier molecular flexibility index (Phi) is 5.51. The molecular formula is C24H29N3O2. The number of hydrogen-bond acceptors (Lipinski definition) is 2. The summed E-state index contributed by atoms with van der Waals surface area (Å²) in [6.07, 6.45) is 6.68. The van der Waals surface area contributed by atoms with E-state index < -0.39 is 6.04 Å². The maximum atomic E-state index is 12.5. The van der Waals surface area contributed by atoms with E-state index in [9.17, 15) is 9.59 Å². The standard InChI is InChI=1S/C24H29N3O2/c1-7-24(5,6)21-18(13-20-23(29)25-15(4)22(28)27-20)17-12-16(9-8-14(2)3)10-11-19(17)26-21/h7-8,10-13,15,26H,1,9H2,2-6H3,(H,25,29)(H,27,28)/t15-/m0/s1. The predicted octanol–water partition coefficient (Wildman–Crippen LogP) is 4.12. The summed E-state index contributed by atoms with van der Waals surface area (Å²) in [5.41, 5.74) is 5.20. The number of nitrogens with one attached hydrogen (secondary N) is 3. The molecule has 0 aliphatic carbocycles. The number of benzene rings is 1. The highest BCUT2D eigenvalue weighted by Crippen LogP contribution is 2.34. The van der Waals surface area contributed by atoms with Crippen LogP contribution in [0.25, 0.3) is 17.0 Å². The highest BCUT2D eigenvalue weighted by molar-refractivity contribution is 6.08. The Balaban J connectivity index is 2.19. The Hall–Kier alpha value is -3.08. The molecule has 0 saturated carbocycles. The monoisotopic (exact) mass is 391 g/mol. The third-order valence-electron chi connectivity index (χ3n) is 5.34. The maximum absolute atomic E-state index is 12.5. The zero-order chi connectivity index (χ0) is 21.3. The number of allylic oxidation sites excluding steroid dienone is 3. The first-order valence-electron chi connectivity index (χ1n) is 9.88. The predicted molar refractivity (Wildman–Crippen MR) is 118 cm³/mol. The van der Waals surface area contributed by atoms with Gasteiger partial charge in [-0.3, -0.25) is 9.59 Å². The summed E-state index contributed by atoms with van der Waals surface area (Å²) >= 11 is 0. The molecule has 3 N–H and O–H groups in total. The van der Waals surface area contributed by atoms with E-state index in [0.717, 1.165) is 28.6 Å². The van der Waals surface area contributed by atoms with Crippen molar-refractivity contribution < 1.29 is 9.59 Å². The second-order valence-electron chi connectivity index (χ2n) is 8.45. The van der Waals surface area contributed by atoms with E-state index in [1.165, 1.54) is 11.1 Å². The largest absolute Gasteiger partial charge is 0.357 e. The maximum Gasteiger partial charge on any atom is 0.268 e. The van der Waals surface area contributed by atoms with Crippen LogP contribution in [0.1, 0.15) is 51.4 Å². The number of fused-ring (bicyclic) bond motifs is 1. The molecule has 1 aliphatic rings. The summed E-state index contributed by atoms with van der Waals surface area (Å²) in [7, 11) is 0. The van der Waals surface area contributed by atoms with Crippen LogP contribution in [-0.4, -0.2) is 22.8 Å². The molecule has 1 saturated heterocycles. The average Bonchev–Trinajstić information content (AvgIpc) is 3.03. The van der Waals surface area contributed by atoms with Gasteiger partial charge in [-0.2, -0.15) is 0 Å². The van der Waals surface area contributed by atoms with Crippen LogP contribution < -0.4 is 10.6 Å². The number of H-pyrrole nitrogens is 1. The van der Waals surface area contributed by atoms with Crippen LogP contribution in [0.4, 0.5) is 0 Å². The summed E-state index contributed by atoms with van der Waals surface area (Å²) < 4.78 is 0. The fraction of sp³-hybridized carbons (Fsp3) is 0.333. The number of rotatable bonds is 5. The minimum atomic E-state index is -0.539. The molecule has 152 valence electrons. The van der Waals surface area contributed by atoms with Gasteiger partial charge in [-0.25, -0.2) is 0 Å². The number of aromatic amines is 1. The Morgan fingerprint density at radius 3 is 2.62 bits per heavy atom. The molecule has 0 bridgehead atoms. The van der Waals surface area contributed by atoms with Crippen molar-refractivity contribution in [3.8, 4) is 0 Å². The summed E-state index contributed by atoms with van der Waals surface area (Å²) in [4.78, 5) is 28.0. The lowest BCUT2D eigenvalue weighted by atomic mass is 9.86. The number of carbonyl (C=O) groups excluding carboxylic acids is 2. The van der Waals surface area contributed by atoms with Gasteiger partial charge in [0.05, 0.1) is 0 Å². The third-order valence-corrected chi connectivity index (χ3v) is 5.34. The number of hydrogen-bond donors (Lipinski definition) is 3. The summed E-state index contributed by atoms with van der Waals surface area (Å²) in [5, 5.41) is 6.45. The van der Waals surface area contributed by atoms with E-state index in [2.05, 4.69) is 74.2 Å². The lowest BCUT2D eigenvalue weighted by Gasteiger charge is -2.23. The third kappa shape index (κ3) is 4.19. The van der Waals surface area contributed by atoms with Gasteiger partial charge in [0.25, 0.3) is 5.91 Å². The smallest absolute Gasteiger partial charge is 0.268 e. The van der Waals surface area contributed by atoms with Gasteiger partial charge < -0.3 is 15.6 Å². The van der Waals surface area contributed by atoms with E-state index in [1.807, 2.05) is 6.08 Å². The first-order valence-corrected chi connectivity index (χ1v) is 9.88. The highest BCUT2D eigenvalue weighted by atomic mass is 16.2. The molecule has 1 aromatic carbocycles. The first kappa shape index (κ1) is 20.6. The zero-order valence-corrected chi connectivity index (χ0v) is 17.8. The molecule has 1 atom stereocenters. The normalized spacial score (nSPS) is 18.5. The Labute approximate surface area is 172 Å². The van der Waals surface area contributed by atoms with Gasteiger partial charge >= 0.3 is 0 Å². The second-order valence-corrected chi connectivity index (χ2v) is 8.45. The molecule has 0 spiro atoms. The lowest BCUT2D eigenvalue weighted by Crippen LogP contribution is -2.53. The molecule has 2 aromatic rings. The Morgan fingerprint density at radius 1 is 1.24 bits per heavy atom. The number of aromatic nitrogens is 1. The van der Waals surface area contributed by atoms with Crippen molar-refractivity contribution in [3.63, 3.8) is 0 Å². The molecule has 1 aliphatic heterocycles. The molecule has 0 unspecified atom stereocenters. The molecule has 1 fully saturated rings. The second kappa shape index (κ2) is 7.74. The van der Waals surface area contributed by atoms with Gasteiger partial charge in [-0.1, -0.05) is 37.6 Å². The average molecular weight is 392 g/mol. The summed E-state index contributed by atoms with van der Waals surface area (Å²) in [6, 6.07) is 5.78. The van der Waals surface area contributed by atoms with E-state index >= 15 is 0 Å². The summed E-state index contributed by atoms with van der Waals surface area (Å²) in [6.45, 7) is 13.9. The fourth-order valence-electron chi connectivity index (χ4n) is 3.35. The van der Waals surface area contributed by atoms with E-state index in [1.54, 1.807) is 13.0 Å². The molecule has 2 amide bonds. The molecular weight excluding hydrogens is 362 g/mol. The van der Waals surface area contributed by atoms with Gasteiger partial charge in [0, 0.05) is 27.6 Å². The summed E-state index contributed by atoms with van der Waals surface area (Å²) in [5.74, 6) is -0.501. The number of amides is 2. The minimum Gasteiger partial charge on any atom is -0.357 e. The SMILES string of the molecule is C=CC(C)(C)c1[nH]c2ccc(CC=C(C)C)cc2c1C=C1NC(=O)[C@H](C)NC1=O. The van der Waals surface area contributed by atoms with Crippen LogP contribution in [0.5, 0.6) is 0 Å². The molecule has 2 heterocycles. The van der Waals surface area contributed by atoms with Crippen LogP contribution in [0.3, 0.4) is 0 Å². The van der Waals surface area contributed by atoms with E-state index in [0.29, 0.717) is 0 Å². The van der Waals surface area contributed by atoms with Crippen LogP contribution in [0.2, 0.25) is 0 Å². The van der Waals surface area contributed by atoms with Crippen LogP contribution in [0, 0.1) is 0 Å². The number of piperazine rings is 1. The minimum absolute atomic E-state index is 0.218. The lowest BCUT2D eigenvalue weighted by molar-refractivity contribution is -0.130. The van der Waals surface area contributed by atoms with E-state index in [4.69, 9.17) is 0 Å². The molecule has 5 nitrogen and oxygen atoms in total. The topological polar surface area (TPSA) is 74.0 Å². The molecule has 1 aromatic heterocycles. The Bertz CT molecular complexity index is 1050. The van der Waals surface area contributed by atoms with Gasteiger partial charge in [-0.15, -0.1) is 6.58 Å². The van der Waals surface area contributed by atoms with Crippen molar-refractivity contribution >= 4 is 28.8 Å². The van der Waals surface area contributed by atoms with Gasteiger partial charge in [0.1, 0.15) is 11.7 Å². The quantitative estimate of drug-likeness (QED) is 0.530. The highest BCUT2D eigenvalue weighted by Gasteiger charge is 2.28. The van der Waals surface area contributed by atoms with Gasteiger partial charge in [-0.05, 0) is 51.0 Å². The van der Waals surface area contributed by atoms with Crippen molar-refractivity contribution in [1.29, 1.82) is 0 Å². The molecule has 29 heavy (non-hydrogen) atoms. The number of carbonyl (C=O) groups is 2.